The summed E-state index contributed by atoms with van der Waals surface area (Å²) in [4.78, 5) is 10.8. The van der Waals surface area contributed by atoms with Crippen LogP contribution in [-0.4, -0.2) is 27.9 Å². The van der Waals surface area contributed by atoms with E-state index in [1.807, 2.05) is 6.92 Å². The fourth-order valence-electron chi connectivity index (χ4n) is 2.26. The van der Waals surface area contributed by atoms with Crippen LogP contribution in [0.2, 0.25) is 0 Å². The molecule has 1 N–H and O–H groups in total. The predicted octanol–water partition coefficient (Wildman–Crippen LogP) is 2.77. The first-order valence-electron chi connectivity index (χ1n) is 5.93. The molecule has 1 aliphatic heterocycles. The average Bonchev–Trinajstić information content (AvgIpc) is 2.85. The molecule has 2 unspecified atom stereocenters. The number of halogens is 3. The van der Waals surface area contributed by atoms with E-state index >= 15 is 0 Å². The van der Waals surface area contributed by atoms with Gasteiger partial charge in [-0.15, -0.1) is 0 Å². The Morgan fingerprint density at radius 1 is 1.47 bits per heavy atom. The summed E-state index contributed by atoms with van der Waals surface area (Å²) >= 11 is 0. The Bertz CT molecular complexity index is 481. The number of ether oxygens (including phenoxy) is 1. The number of hydrogen-bond donors (Lipinski definition) is 1. The highest BCUT2D eigenvalue weighted by Gasteiger charge is 2.37. The lowest BCUT2D eigenvalue weighted by molar-refractivity contribution is -0.138. The number of alkyl halides is 3. The highest BCUT2D eigenvalue weighted by molar-refractivity contribution is 5.89. The molecule has 0 saturated carbocycles. The van der Waals surface area contributed by atoms with Crippen LogP contribution in [0.4, 0.5) is 13.2 Å². The topological polar surface area (TPSA) is 51.5 Å². The van der Waals surface area contributed by atoms with Crippen molar-refractivity contribution < 1.29 is 27.8 Å². The Balaban J connectivity index is 2.21. The second kappa shape index (κ2) is 4.88. The lowest BCUT2D eigenvalue weighted by Crippen LogP contribution is -2.15. The van der Waals surface area contributed by atoms with E-state index < -0.39 is 23.3 Å². The third-order valence-corrected chi connectivity index (χ3v) is 3.15. The van der Waals surface area contributed by atoms with Gasteiger partial charge in [-0.25, -0.2) is 4.79 Å². The van der Waals surface area contributed by atoms with Crippen LogP contribution in [0, 0.1) is 0 Å². The molecule has 2 heterocycles. The number of carbonyl (C=O) groups is 1. The van der Waals surface area contributed by atoms with Gasteiger partial charge in [-0.1, -0.05) is 0 Å². The zero-order valence-electron chi connectivity index (χ0n) is 10.3. The standard InChI is InChI=1S/C12H14F3NO3/c1-7-2-3-8(19-7)4-16-5-9(11(17)18)10(6-16)12(13,14)15/h5-8H,2-4H2,1H3,(H,17,18). The summed E-state index contributed by atoms with van der Waals surface area (Å²) in [6.07, 6.45) is -1.25. The van der Waals surface area contributed by atoms with Gasteiger partial charge in [0, 0.05) is 18.9 Å². The van der Waals surface area contributed by atoms with E-state index in [1.165, 1.54) is 4.57 Å². The van der Waals surface area contributed by atoms with Crippen LogP contribution < -0.4 is 0 Å². The van der Waals surface area contributed by atoms with Crippen molar-refractivity contribution in [2.24, 2.45) is 0 Å². The second-order valence-electron chi connectivity index (χ2n) is 4.73. The van der Waals surface area contributed by atoms with Gasteiger partial charge in [0.15, 0.2) is 0 Å². The van der Waals surface area contributed by atoms with Crippen molar-refractivity contribution in [2.45, 2.75) is 44.7 Å². The van der Waals surface area contributed by atoms with Crippen LogP contribution in [0.5, 0.6) is 0 Å². The van der Waals surface area contributed by atoms with E-state index in [2.05, 4.69) is 0 Å². The van der Waals surface area contributed by atoms with Crippen LogP contribution >= 0.6 is 0 Å². The summed E-state index contributed by atoms with van der Waals surface area (Å²) in [5.41, 5.74) is -1.84. The van der Waals surface area contributed by atoms with Gasteiger partial charge in [0.25, 0.3) is 0 Å². The molecule has 2 rings (SSSR count). The van der Waals surface area contributed by atoms with Crippen molar-refractivity contribution in [1.82, 2.24) is 4.57 Å². The van der Waals surface area contributed by atoms with E-state index in [-0.39, 0.29) is 18.8 Å². The maximum Gasteiger partial charge on any atom is 0.418 e. The molecule has 0 amide bonds. The molecule has 0 aromatic carbocycles. The Hall–Kier alpha value is -1.50. The summed E-state index contributed by atoms with van der Waals surface area (Å²) in [5.74, 6) is -1.58. The Morgan fingerprint density at radius 3 is 2.58 bits per heavy atom. The van der Waals surface area contributed by atoms with Crippen molar-refractivity contribution >= 4 is 5.97 Å². The van der Waals surface area contributed by atoms with E-state index in [0.717, 1.165) is 25.2 Å². The normalized spacial score (nSPS) is 23.8. The van der Waals surface area contributed by atoms with Gasteiger partial charge in [0.1, 0.15) is 0 Å². The number of hydrogen-bond acceptors (Lipinski definition) is 2. The fraction of sp³-hybridized carbons (Fsp3) is 0.583. The van der Waals surface area contributed by atoms with E-state index in [1.54, 1.807) is 0 Å². The zero-order chi connectivity index (χ0) is 14.2. The minimum Gasteiger partial charge on any atom is -0.478 e. The lowest BCUT2D eigenvalue weighted by atomic mass is 10.2. The number of carboxylic acid groups (broad SMARTS) is 1. The van der Waals surface area contributed by atoms with Gasteiger partial charge in [-0.05, 0) is 19.8 Å². The second-order valence-corrected chi connectivity index (χ2v) is 4.73. The zero-order valence-corrected chi connectivity index (χ0v) is 10.3. The SMILES string of the molecule is CC1CCC(Cn2cc(C(=O)O)c(C(F)(F)F)c2)O1. The molecule has 1 fully saturated rings. The molecule has 1 aromatic rings. The number of nitrogens with zero attached hydrogens (tertiary/aromatic N) is 1. The fourth-order valence-corrected chi connectivity index (χ4v) is 2.26. The summed E-state index contributed by atoms with van der Waals surface area (Å²) in [6.45, 7) is 2.14. The molecule has 1 aromatic heterocycles. The van der Waals surface area contributed by atoms with Crippen molar-refractivity contribution in [2.75, 3.05) is 0 Å². The van der Waals surface area contributed by atoms with Crippen LogP contribution in [0.25, 0.3) is 0 Å². The van der Waals surface area contributed by atoms with E-state index in [4.69, 9.17) is 9.84 Å². The van der Waals surface area contributed by atoms with Crippen LogP contribution in [0.3, 0.4) is 0 Å². The quantitative estimate of drug-likeness (QED) is 0.924. The summed E-state index contributed by atoms with van der Waals surface area (Å²) in [5, 5.41) is 8.80. The van der Waals surface area contributed by atoms with Gasteiger partial charge in [0.2, 0.25) is 0 Å². The average molecular weight is 277 g/mol. The maximum atomic E-state index is 12.7. The first kappa shape index (κ1) is 13.9. The van der Waals surface area contributed by atoms with Crippen molar-refractivity contribution in [3.05, 3.63) is 23.5 Å². The Kier molecular flexibility index (Phi) is 3.58. The maximum absolute atomic E-state index is 12.7. The van der Waals surface area contributed by atoms with Gasteiger partial charge in [-0.2, -0.15) is 13.2 Å². The number of rotatable bonds is 3. The number of aromatic carboxylic acids is 1. The third-order valence-electron chi connectivity index (χ3n) is 3.15. The highest BCUT2D eigenvalue weighted by Crippen LogP contribution is 2.33. The molecule has 1 aliphatic rings. The van der Waals surface area contributed by atoms with E-state index in [0.29, 0.717) is 0 Å². The largest absolute Gasteiger partial charge is 0.478 e. The number of carboxylic acids is 1. The molecule has 0 spiro atoms. The van der Waals surface area contributed by atoms with Gasteiger partial charge in [-0.3, -0.25) is 0 Å². The predicted molar refractivity (Wildman–Crippen MR) is 60.0 cm³/mol. The molecular formula is C12H14F3NO3. The Morgan fingerprint density at radius 2 is 2.16 bits per heavy atom. The van der Waals surface area contributed by atoms with E-state index in [9.17, 15) is 18.0 Å². The van der Waals surface area contributed by atoms with Crippen LogP contribution in [0.15, 0.2) is 12.4 Å². The lowest BCUT2D eigenvalue weighted by Gasteiger charge is -2.11. The van der Waals surface area contributed by atoms with Gasteiger partial charge >= 0.3 is 12.1 Å². The minimum atomic E-state index is -4.66. The summed E-state index contributed by atoms with van der Waals surface area (Å²) in [7, 11) is 0. The van der Waals surface area contributed by atoms with Crippen molar-refractivity contribution in [3.8, 4) is 0 Å². The first-order valence-corrected chi connectivity index (χ1v) is 5.93. The smallest absolute Gasteiger partial charge is 0.418 e. The summed E-state index contributed by atoms with van der Waals surface area (Å²) < 4.78 is 44.8. The van der Waals surface area contributed by atoms with Crippen molar-refractivity contribution in [3.63, 3.8) is 0 Å². The van der Waals surface area contributed by atoms with Gasteiger partial charge < -0.3 is 14.4 Å². The van der Waals surface area contributed by atoms with Gasteiger partial charge in [0.05, 0.1) is 23.3 Å². The molecular weight excluding hydrogens is 263 g/mol. The first-order chi connectivity index (χ1) is 8.77. The molecule has 0 aliphatic carbocycles. The molecule has 7 heteroatoms. The third kappa shape index (κ3) is 3.09. The molecule has 1 saturated heterocycles. The molecule has 19 heavy (non-hydrogen) atoms. The molecule has 0 bridgehead atoms. The summed E-state index contributed by atoms with van der Waals surface area (Å²) in [6, 6.07) is 0. The monoisotopic (exact) mass is 277 g/mol. The molecule has 4 nitrogen and oxygen atoms in total. The minimum absolute atomic E-state index is 0.0987. The molecule has 106 valence electrons. The molecule has 2 atom stereocenters. The van der Waals surface area contributed by atoms with Crippen LogP contribution in [-0.2, 0) is 17.5 Å². The number of aromatic nitrogens is 1. The Labute approximate surface area is 107 Å². The van der Waals surface area contributed by atoms with Crippen molar-refractivity contribution in [1.29, 1.82) is 0 Å². The highest BCUT2D eigenvalue weighted by atomic mass is 19.4. The molecule has 0 radical (unpaired) electrons. The van der Waals surface area contributed by atoms with Crippen LogP contribution in [0.1, 0.15) is 35.7 Å².